The van der Waals surface area contributed by atoms with Crippen molar-refractivity contribution in [2.45, 2.75) is 78.8 Å². The van der Waals surface area contributed by atoms with Crippen LogP contribution in [0.4, 0.5) is 0 Å². The van der Waals surface area contributed by atoms with E-state index in [2.05, 4.69) is 57.1 Å². The molecule has 0 aromatic heterocycles. The average molecular weight is 711 g/mol. The fraction of sp³-hybridized carbons (Fsp3) is 0.349. The summed E-state index contributed by atoms with van der Waals surface area (Å²) in [6.07, 6.45) is 1.62. The van der Waals surface area contributed by atoms with Crippen LogP contribution in [0.25, 0.3) is 0 Å². The van der Waals surface area contributed by atoms with Gasteiger partial charge in [0.05, 0.1) is 25.3 Å². The third-order valence-electron chi connectivity index (χ3n) is 8.91. The quantitative estimate of drug-likeness (QED) is 0.0622. The molecule has 0 bridgehead atoms. The standard InChI is InChI=1S/C43H55N2O5P/c1-9-48-33(7)41(27-35-17-13-11-14-18-35)44-51(47,45-42(34(8)49-10-2)28-36-19-15-12-16-20-36)29-50-38-23-31(5)40(32(6)24-38)26-37-21-22-43(46)39(25-37)30(3)4/h11-25,30,41-42,46H,7-10,26-29H2,1-6H3,(H2,44,45,47)/t41-,42-/m0/s1. The molecule has 4 aromatic carbocycles. The van der Waals surface area contributed by atoms with E-state index in [4.69, 9.17) is 14.2 Å². The normalized spacial score (nSPS) is 12.7. The van der Waals surface area contributed by atoms with Crippen LogP contribution in [0.15, 0.2) is 116 Å². The molecule has 0 aliphatic carbocycles. The number of rotatable bonds is 20. The first kappa shape index (κ1) is 39.5. The summed E-state index contributed by atoms with van der Waals surface area (Å²) in [5.41, 5.74) is 7.50. The van der Waals surface area contributed by atoms with Gasteiger partial charge in [0.2, 0.25) is 7.44 Å². The highest BCUT2D eigenvalue weighted by molar-refractivity contribution is 7.59. The van der Waals surface area contributed by atoms with E-state index in [9.17, 15) is 5.11 Å². The van der Waals surface area contributed by atoms with Crippen molar-refractivity contribution in [3.8, 4) is 11.5 Å². The first-order valence-corrected chi connectivity index (χ1v) is 19.7. The average Bonchev–Trinajstić information content (AvgIpc) is 3.10. The van der Waals surface area contributed by atoms with Gasteiger partial charge in [0.15, 0.2) is 6.35 Å². The topological polar surface area (TPSA) is 89.1 Å². The highest BCUT2D eigenvalue weighted by Gasteiger charge is 2.33. The molecule has 4 aromatic rings. The van der Waals surface area contributed by atoms with Crippen molar-refractivity contribution in [1.82, 2.24) is 10.2 Å². The maximum atomic E-state index is 15.2. The summed E-state index contributed by atoms with van der Waals surface area (Å²) >= 11 is 0. The minimum Gasteiger partial charge on any atom is -0.508 e. The van der Waals surface area contributed by atoms with Crippen molar-refractivity contribution in [1.29, 1.82) is 0 Å². The third-order valence-corrected chi connectivity index (χ3v) is 10.9. The molecular weight excluding hydrogens is 655 g/mol. The van der Waals surface area contributed by atoms with Gasteiger partial charge in [-0.2, -0.15) is 0 Å². The second-order valence-electron chi connectivity index (χ2n) is 13.3. The largest absolute Gasteiger partial charge is 0.508 e. The Hall–Kier alpha value is -4.29. The van der Waals surface area contributed by atoms with Gasteiger partial charge in [-0.25, -0.2) is 10.2 Å². The van der Waals surface area contributed by atoms with Crippen molar-refractivity contribution in [3.05, 3.63) is 155 Å². The molecule has 272 valence electrons. The Balaban J connectivity index is 1.65. The lowest BCUT2D eigenvalue weighted by Crippen LogP contribution is -2.42. The van der Waals surface area contributed by atoms with Crippen LogP contribution < -0.4 is 14.9 Å². The van der Waals surface area contributed by atoms with Gasteiger partial charge in [0.25, 0.3) is 0 Å². The zero-order chi connectivity index (χ0) is 37.0. The van der Waals surface area contributed by atoms with E-state index in [0.717, 1.165) is 39.8 Å². The van der Waals surface area contributed by atoms with E-state index in [0.29, 0.717) is 49.1 Å². The summed E-state index contributed by atoms with van der Waals surface area (Å²) in [5, 5.41) is 17.2. The van der Waals surface area contributed by atoms with Gasteiger partial charge in [-0.05, 0) is 110 Å². The molecule has 0 aliphatic rings. The van der Waals surface area contributed by atoms with Crippen LogP contribution in [-0.4, -0.2) is 36.8 Å². The number of phenols is 1. The number of benzene rings is 4. The summed E-state index contributed by atoms with van der Waals surface area (Å²) in [7, 11) is -3.57. The molecule has 0 amide bonds. The second kappa shape index (κ2) is 18.8. The Bertz CT molecular complexity index is 1700. The van der Waals surface area contributed by atoms with Crippen LogP contribution >= 0.6 is 7.44 Å². The molecule has 0 radical (unpaired) electrons. The van der Waals surface area contributed by atoms with Crippen LogP contribution in [0.5, 0.6) is 11.5 Å². The molecule has 2 atom stereocenters. The van der Waals surface area contributed by atoms with Crippen molar-refractivity contribution in [3.63, 3.8) is 0 Å². The molecule has 3 N–H and O–H groups in total. The van der Waals surface area contributed by atoms with Gasteiger partial charge in [0, 0.05) is 0 Å². The zero-order valence-electron chi connectivity index (χ0n) is 31.1. The van der Waals surface area contributed by atoms with Crippen molar-refractivity contribution in [2.75, 3.05) is 19.6 Å². The fourth-order valence-electron chi connectivity index (χ4n) is 6.21. The maximum Gasteiger partial charge on any atom is 0.249 e. The predicted molar refractivity (Wildman–Crippen MR) is 210 cm³/mol. The van der Waals surface area contributed by atoms with Crippen LogP contribution in [0.3, 0.4) is 0 Å². The Morgan fingerprint density at radius 2 is 1.24 bits per heavy atom. The molecule has 0 unspecified atom stereocenters. The van der Waals surface area contributed by atoms with Gasteiger partial charge < -0.3 is 19.3 Å². The van der Waals surface area contributed by atoms with E-state index in [1.54, 1.807) is 6.07 Å². The molecule has 4 rings (SSSR count). The van der Waals surface area contributed by atoms with Gasteiger partial charge in [-0.3, -0.25) is 4.57 Å². The number of aromatic hydroxyl groups is 1. The summed E-state index contributed by atoms with van der Waals surface area (Å²) in [6, 6.07) is 28.9. The predicted octanol–water partition coefficient (Wildman–Crippen LogP) is 9.75. The first-order valence-electron chi connectivity index (χ1n) is 17.8. The molecule has 51 heavy (non-hydrogen) atoms. The SMILES string of the molecule is C=C(OCC)[C@H](Cc1ccccc1)NP(=O)(COc1cc(C)c(Cc2ccc(O)c(C(C)C)c2)c(C)c1)N[C@@H](Cc1ccccc1)C(=C)OCC. The van der Waals surface area contributed by atoms with E-state index in [-0.39, 0.29) is 12.3 Å². The lowest BCUT2D eigenvalue weighted by atomic mass is 9.93. The zero-order valence-corrected chi connectivity index (χ0v) is 32.0. The van der Waals surface area contributed by atoms with E-state index in [1.807, 2.05) is 92.7 Å². The molecule has 7 nitrogen and oxygen atoms in total. The third kappa shape index (κ3) is 11.6. The summed E-state index contributed by atoms with van der Waals surface area (Å²) < 4.78 is 33.4. The molecule has 0 heterocycles. The monoisotopic (exact) mass is 710 g/mol. The molecule has 0 saturated heterocycles. The highest BCUT2D eigenvalue weighted by atomic mass is 31.2. The molecule has 0 spiro atoms. The number of nitrogens with one attached hydrogen (secondary N) is 2. The number of phenolic OH excluding ortho intramolecular Hbond substituents is 1. The van der Waals surface area contributed by atoms with Crippen LogP contribution in [0.1, 0.15) is 72.6 Å². The van der Waals surface area contributed by atoms with Crippen molar-refractivity contribution in [2.24, 2.45) is 0 Å². The van der Waals surface area contributed by atoms with E-state index >= 15 is 4.57 Å². The first-order chi connectivity index (χ1) is 24.4. The summed E-state index contributed by atoms with van der Waals surface area (Å²) in [6.45, 7) is 21.4. The Labute approximate surface area is 305 Å². The summed E-state index contributed by atoms with van der Waals surface area (Å²) in [4.78, 5) is 0. The van der Waals surface area contributed by atoms with Gasteiger partial charge in [-0.15, -0.1) is 0 Å². The van der Waals surface area contributed by atoms with Crippen molar-refractivity contribution < 1.29 is 23.9 Å². The van der Waals surface area contributed by atoms with E-state index < -0.39 is 19.5 Å². The van der Waals surface area contributed by atoms with Gasteiger partial charge in [-0.1, -0.05) is 99.8 Å². The van der Waals surface area contributed by atoms with E-state index in [1.165, 1.54) is 5.56 Å². The second-order valence-corrected chi connectivity index (χ2v) is 15.6. The Morgan fingerprint density at radius 1 is 0.745 bits per heavy atom. The number of hydrogen-bond acceptors (Lipinski definition) is 5. The number of ether oxygens (including phenoxy) is 3. The number of hydrogen-bond donors (Lipinski definition) is 3. The Morgan fingerprint density at radius 3 is 1.69 bits per heavy atom. The minimum atomic E-state index is -3.57. The minimum absolute atomic E-state index is 0.143. The summed E-state index contributed by atoms with van der Waals surface area (Å²) in [5.74, 6) is 2.16. The Kier molecular flexibility index (Phi) is 14.6. The lowest BCUT2D eigenvalue weighted by molar-refractivity contribution is 0.202. The maximum absolute atomic E-state index is 15.2. The highest BCUT2D eigenvalue weighted by Crippen LogP contribution is 2.41. The van der Waals surface area contributed by atoms with Crippen LogP contribution in [0, 0.1) is 13.8 Å². The molecule has 0 aliphatic heterocycles. The fourth-order valence-corrected chi connectivity index (χ4v) is 8.24. The number of aryl methyl sites for hydroxylation is 2. The van der Waals surface area contributed by atoms with Gasteiger partial charge in [0.1, 0.15) is 23.0 Å². The smallest absolute Gasteiger partial charge is 0.249 e. The molecule has 0 saturated carbocycles. The molecule has 8 heteroatoms. The van der Waals surface area contributed by atoms with Crippen molar-refractivity contribution >= 4 is 7.44 Å². The van der Waals surface area contributed by atoms with Crippen LogP contribution in [-0.2, 0) is 33.3 Å². The van der Waals surface area contributed by atoms with Crippen LogP contribution in [0.2, 0.25) is 0 Å². The van der Waals surface area contributed by atoms with Gasteiger partial charge >= 0.3 is 0 Å². The lowest BCUT2D eigenvalue weighted by Gasteiger charge is -2.32. The molecule has 0 fully saturated rings. The molecular formula is C43H55N2O5P.